The fraction of sp³-hybridized carbons (Fsp3) is 0.562. The Morgan fingerprint density at radius 2 is 1.86 bits per heavy atom. The first kappa shape index (κ1) is 17.3. The van der Waals surface area contributed by atoms with Crippen molar-refractivity contribution >= 4 is 6.03 Å². The molecule has 0 aliphatic heterocycles. The third-order valence-electron chi connectivity index (χ3n) is 3.24. The number of ether oxygens (including phenoxy) is 2. The van der Waals surface area contributed by atoms with Gasteiger partial charge in [0.2, 0.25) is 0 Å². The Morgan fingerprint density at radius 1 is 1.19 bits per heavy atom. The Balaban J connectivity index is 2.58. The minimum atomic E-state index is -0.152. The molecule has 0 aliphatic rings. The quantitative estimate of drug-likeness (QED) is 0.725. The monoisotopic (exact) mass is 294 g/mol. The molecule has 0 bridgehead atoms. The van der Waals surface area contributed by atoms with Gasteiger partial charge in [-0.15, -0.1) is 0 Å². The molecule has 0 aliphatic carbocycles. The van der Waals surface area contributed by atoms with Crippen LogP contribution in [0.2, 0.25) is 0 Å². The van der Waals surface area contributed by atoms with Gasteiger partial charge in [0.25, 0.3) is 0 Å². The van der Waals surface area contributed by atoms with Crippen LogP contribution in [-0.2, 0) is 4.74 Å². The lowest BCUT2D eigenvalue weighted by atomic mass is 9.96. The van der Waals surface area contributed by atoms with Crippen LogP contribution in [0.5, 0.6) is 5.75 Å². The zero-order valence-corrected chi connectivity index (χ0v) is 13.3. The highest BCUT2D eigenvalue weighted by Gasteiger charge is 2.18. The minimum Gasteiger partial charge on any atom is -0.497 e. The maximum absolute atomic E-state index is 11.9. The largest absolute Gasteiger partial charge is 0.497 e. The van der Waals surface area contributed by atoms with Gasteiger partial charge < -0.3 is 20.1 Å². The van der Waals surface area contributed by atoms with Crippen LogP contribution in [0.1, 0.15) is 31.9 Å². The van der Waals surface area contributed by atoms with E-state index in [4.69, 9.17) is 9.47 Å². The number of methoxy groups -OCH3 is 2. The summed E-state index contributed by atoms with van der Waals surface area (Å²) in [4.78, 5) is 11.9. The Kier molecular flexibility index (Phi) is 7.61. The van der Waals surface area contributed by atoms with E-state index >= 15 is 0 Å². The van der Waals surface area contributed by atoms with Gasteiger partial charge in [-0.2, -0.15) is 0 Å². The van der Waals surface area contributed by atoms with E-state index in [0.29, 0.717) is 19.1 Å². The molecule has 0 fully saturated rings. The highest BCUT2D eigenvalue weighted by molar-refractivity contribution is 5.74. The smallest absolute Gasteiger partial charge is 0.315 e. The first-order valence-electron chi connectivity index (χ1n) is 7.25. The Labute approximate surface area is 127 Å². The molecule has 0 aromatic heterocycles. The molecular formula is C16H26N2O3. The van der Waals surface area contributed by atoms with Crippen molar-refractivity contribution in [1.82, 2.24) is 10.6 Å². The topological polar surface area (TPSA) is 59.6 Å². The average molecular weight is 294 g/mol. The summed E-state index contributed by atoms with van der Waals surface area (Å²) in [5.41, 5.74) is 1.07. The number of benzene rings is 1. The number of carbonyl (C=O) groups is 1. The summed E-state index contributed by atoms with van der Waals surface area (Å²) in [6.07, 6.45) is 0.804. The van der Waals surface area contributed by atoms with E-state index in [2.05, 4.69) is 24.5 Å². The van der Waals surface area contributed by atoms with Crippen LogP contribution < -0.4 is 15.4 Å². The average Bonchev–Trinajstić information content (AvgIpc) is 2.49. The molecule has 0 spiro atoms. The number of nitrogens with one attached hydrogen (secondary N) is 2. The summed E-state index contributed by atoms with van der Waals surface area (Å²) in [7, 11) is 3.29. The number of hydrogen-bond acceptors (Lipinski definition) is 3. The van der Waals surface area contributed by atoms with E-state index in [9.17, 15) is 4.79 Å². The SMILES string of the molecule is COCCCNC(=O)NC(c1ccc(OC)cc1)C(C)C. The third-order valence-corrected chi connectivity index (χ3v) is 3.24. The molecular weight excluding hydrogens is 268 g/mol. The molecule has 0 radical (unpaired) electrons. The fourth-order valence-corrected chi connectivity index (χ4v) is 2.06. The highest BCUT2D eigenvalue weighted by atomic mass is 16.5. The molecule has 5 nitrogen and oxygen atoms in total. The summed E-state index contributed by atoms with van der Waals surface area (Å²) >= 11 is 0. The van der Waals surface area contributed by atoms with Crippen LogP contribution in [0.4, 0.5) is 4.79 Å². The number of carbonyl (C=O) groups excluding carboxylic acids is 1. The lowest BCUT2D eigenvalue weighted by molar-refractivity contribution is 0.193. The third kappa shape index (κ3) is 6.04. The van der Waals surface area contributed by atoms with Crippen LogP contribution in [0.25, 0.3) is 0 Å². The maximum atomic E-state index is 11.9. The zero-order chi connectivity index (χ0) is 15.7. The van der Waals surface area contributed by atoms with E-state index in [1.54, 1.807) is 14.2 Å². The van der Waals surface area contributed by atoms with Gasteiger partial charge in [0.1, 0.15) is 5.75 Å². The predicted octanol–water partition coefficient (Wildman–Crippen LogP) is 2.73. The van der Waals surface area contributed by atoms with Crippen molar-refractivity contribution in [3.8, 4) is 5.75 Å². The van der Waals surface area contributed by atoms with E-state index in [1.165, 1.54) is 0 Å². The van der Waals surface area contributed by atoms with Gasteiger partial charge in [-0.05, 0) is 30.0 Å². The van der Waals surface area contributed by atoms with Crippen LogP contribution in [0.15, 0.2) is 24.3 Å². The number of urea groups is 1. The Morgan fingerprint density at radius 3 is 2.38 bits per heavy atom. The summed E-state index contributed by atoms with van der Waals surface area (Å²) < 4.78 is 10.1. The van der Waals surface area contributed by atoms with Crippen molar-refractivity contribution in [2.75, 3.05) is 27.4 Å². The molecule has 1 aromatic carbocycles. The normalized spacial score (nSPS) is 12.0. The van der Waals surface area contributed by atoms with Gasteiger partial charge in [-0.3, -0.25) is 0 Å². The predicted molar refractivity (Wildman–Crippen MR) is 83.6 cm³/mol. The van der Waals surface area contributed by atoms with Crippen LogP contribution >= 0.6 is 0 Å². The second-order valence-electron chi connectivity index (χ2n) is 5.24. The van der Waals surface area contributed by atoms with Gasteiger partial charge in [0, 0.05) is 20.3 Å². The van der Waals surface area contributed by atoms with Crippen molar-refractivity contribution in [1.29, 1.82) is 0 Å². The second-order valence-corrected chi connectivity index (χ2v) is 5.24. The second kappa shape index (κ2) is 9.23. The Hall–Kier alpha value is -1.75. The molecule has 1 aromatic rings. The van der Waals surface area contributed by atoms with Gasteiger partial charge in [0.15, 0.2) is 0 Å². The van der Waals surface area contributed by atoms with Gasteiger partial charge in [-0.25, -0.2) is 4.79 Å². The summed E-state index contributed by atoms with van der Waals surface area (Å²) in [6, 6.07) is 7.59. The number of hydrogen-bond donors (Lipinski definition) is 2. The van der Waals surface area contributed by atoms with Crippen LogP contribution in [0.3, 0.4) is 0 Å². The van der Waals surface area contributed by atoms with Gasteiger partial charge in [-0.1, -0.05) is 26.0 Å². The van der Waals surface area contributed by atoms with Crippen LogP contribution in [-0.4, -0.2) is 33.4 Å². The molecule has 2 N–H and O–H groups in total. The first-order chi connectivity index (χ1) is 10.1. The highest BCUT2D eigenvalue weighted by Crippen LogP contribution is 2.23. The van der Waals surface area contributed by atoms with Crippen molar-refractivity contribution in [2.24, 2.45) is 5.92 Å². The molecule has 2 amide bonds. The molecule has 1 rings (SSSR count). The van der Waals surface area contributed by atoms with Crippen molar-refractivity contribution in [3.63, 3.8) is 0 Å². The van der Waals surface area contributed by atoms with Crippen molar-refractivity contribution in [3.05, 3.63) is 29.8 Å². The summed E-state index contributed by atoms with van der Waals surface area (Å²) in [5, 5.41) is 5.86. The fourth-order valence-electron chi connectivity index (χ4n) is 2.06. The molecule has 118 valence electrons. The minimum absolute atomic E-state index is 0.0293. The van der Waals surface area contributed by atoms with E-state index in [-0.39, 0.29) is 12.1 Å². The molecule has 0 heterocycles. The van der Waals surface area contributed by atoms with E-state index in [0.717, 1.165) is 17.7 Å². The molecule has 0 saturated heterocycles. The first-order valence-corrected chi connectivity index (χ1v) is 7.25. The molecule has 0 saturated carbocycles. The number of amides is 2. The molecule has 1 unspecified atom stereocenters. The van der Waals surface area contributed by atoms with Crippen molar-refractivity contribution in [2.45, 2.75) is 26.3 Å². The maximum Gasteiger partial charge on any atom is 0.315 e. The lowest BCUT2D eigenvalue weighted by Gasteiger charge is -2.23. The Bertz CT molecular complexity index is 418. The summed E-state index contributed by atoms with van der Waals surface area (Å²) in [6.45, 7) is 5.42. The zero-order valence-electron chi connectivity index (χ0n) is 13.3. The van der Waals surface area contributed by atoms with E-state index < -0.39 is 0 Å². The number of rotatable bonds is 8. The molecule has 1 atom stereocenters. The van der Waals surface area contributed by atoms with E-state index in [1.807, 2.05) is 24.3 Å². The van der Waals surface area contributed by atoms with Gasteiger partial charge >= 0.3 is 6.03 Å². The van der Waals surface area contributed by atoms with Crippen molar-refractivity contribution < 1.29 is 14.3 Å². The van der Waals surface area contributed by atoms with Crippen LogP contribution in [0, 0.1) is 5.92 Å². The lowest BCUT2D eigenvalue weighted by Crippen LogP contribution is -2.40. The molecule has 5 heteroatoms. The standard InChI is InChI=1S/C16H26N2O3/c1-12(2)15(13-6-8-14(21-4)9-7-13)18-16(19)17-10-5-11-20-3/h6-9,12,15H,5,10-11H2,1-4H3,(H2,17,18,19). The molecule has 21 heavy (non-hydrogen) atoms. The van der Waals surface area contributed by atoms with Gasteiger partial charge in [0.05, 0.1) is 13.2 Å². The summed E-state index contributed by atoms with van der Waals surface area (Å²) in [5.74, 6) is 1.10.